The zero-order valence-electron chi connectivity index (χ0n) is 13.6. The maximum Gasteiger partial charge on any atom is 0.310 e. The van der Waals surface area contributed by atoms with Crippen LogP contribution in [0.25, 0.3) is 0 Å². The SMILES string of the molecule is COCCOC(=O)C1CCCN(S(=O)(=O)c2c(C)noc2C)C1. The molecule has 1 saturated heterocycles. The molecule has 0 aliphatic carbocycles. The molecule has 2 heterocycles. The van der Waals surface area contributed by atoms with Crippen LogP contribution >= 0.6 is 0 Å². The summed E-state index contributed by atoms with van der Waals surface area (Å²) in [4.78, 5) is 12.1. The molecule has 0 radical (unpaired) electrons. The minimum Gasteiger partial charge on any atom is -0.463 e. The van der Waals surface area contributed by atoms with E-state index in [1.54, 1.807) is 13.8 Å². The Kier molecular flexibility index (Phi) is 5.77. The second kappa shape index (κ2) is 7.41. The lowest BCUT2D eigenvalue weighted by Gasteiger charge is -2.30. The van der Waals surface area contributed by atoms with Crippen molar-refractivity contribution in [1.82, 2.24) is 9.46 Å². The third-order valence-corrected chi connectivity index (χ3v) is 5.93. The molecule has 1 fully saturated rings. The highest BCUT2D eigenvalue weighted by atomic mass is 32.2. The van der Waals surface area contributed by atoms with Crippen LogP contribution < -0.4 is 0 Å². The molecule has 8 nitrogen and oxygen atoms in total. The third-order valence-electron chi connectivity index (χ3n) is 3.81. The molecule has 23 heavy (non-hydrogen) atoms. The molecule has 0 saturated carbocycles. The maximum absolute atomic E-state index is 12.8. The van der Waals surface area contributed by atoms with Gasteiger partial charge >= 0.3 is 5.97 Å². The summed E-state index contributed by atoms with van der Waals surface area (Å²) >= 11 is 0. The molecule has 9 heteroatoms. The molecule has 1 unspecified atom stereocenters. The van der Waals surface area contributed by atoms with Gasteiger partial charge in [0.25, 0.3) is 0 Å². The molecule has 0 aromatic carbocycles. The van der Waals surface area contributed by atoms with Crippen molar-refractivity contribution in [1.29, 1.82) is 0 Å². The van der Waals surface area contributed by atoms with Gasteiger partial charge in [0.05, 0.1) is 12.5 Å². The normalized spacial score (nSPS) is 19.7. The molecule has 1 aliphatic heterocycles. The summed E-state index contributed by atoms with van der Waals surface area (Å²) < 4.78 is 41.7. The van der Waals surface area contributed by atoms with E-state index in [9.17, 15) is 13.2 Å². The monoisotopic (exact) mass is 346 g/mol. The van der Waals surface area contributed by atoms with E-state index >= 15 is 0 Å². The number of rotatable bonds is 6. The molecule has 1 aromatic heterocycles. The molecule has 0 N–H and O–H groups in total. The first-order chi connectivity index (χ1) is 10.9. The van der Waals surface area contributed by atoms with Crippen molar-refractivity contribution in [2.75, 3.05) is 33.4 Å². The quantitative estimate of drug-likeness (QED) is 0.557. The van der Waals surface area contributed by atoms with Gasteiger partial charge in [-0.15, -0.1) is 0 Å². The van der Waals surface area contributed by atoms with Crippen molar-refractivity contribution in [3.8, 4) is 0 Å². The molecule has 130 valence electrons. The number of hydrogen-bond donors (Lipinski definition) is 0. The van der Waals surface area contributed by atoms with E-state index in [4.69, 9.17) is 14.0 Å². The van der Waals surface area contributed by atoms with Gasteiger partial charge in [-0.2, -0.15) is 4.31 Å². The lowest BCUT2D eigenvalue weighted by atomic mass is 10.0. The Morgan fingerprint density at radius 3 is 2.74 bits per heavy atom. The number of piperidine rings is 1. The summed E-state index contributed by atoms with van der Waals surface area (Å²) in [6.07, 6.45) is 1.21. The first-order valence-electron chi connectivity index (χ1n) is 7.46. The molecular weight excluding hydrogens is 324 g/mol. The van der Waals surface area contributed by atoms with Gasteiger partial charge in [0.1, 0.15) is 17.2 Å². The molecule has 2 rings (SSSR count). The van der Waals surface area contributed by atoms with Crippen molar-refractivity contribution in [2.45, 2.75) is 31.6 Å². The number of sulfonamides is 1. The lowest BCUT2D eigenvalue weighted by molar-refractivity contribution is -0.151. The van der Waals surface area contributed by atoms with Gasteiger partial charge in [0.15, 0.2) is 5.76 Å². The van der Waals surface area contributed by atoms with E-state index in [-0.39, 0.29) is 29.8 Å². The standard InChI is InChI=1S/C14H22N2O6S/c1-10-13(11(2)22-15-10)23(18,19)16-6-4-5-12(9-16)14(17)21-8-7-20-3/h12H,4-9H2,1-3H3. The molecular formula is C14H22N2O6S. The number of methoxy groups -OCH3 is 1. The number of esters is 1. The van der Waals surface area contributed by atoms with Crippen molar-refractivity contribution >= 4 is 16.0 Å². The van der Waals surface area contributed by atoms with Gasteiger partial charge in [-0.05, 0) is 26.7 Å². The molecule has 1 aliphatic rings. The maximum atomic E-state index is 12.8. The van der Waals surface area contributed by atoms with E-state index in [0.717, 1.165) is 0 Å². The topological polar surface area (TPSA) is 98.9 Å². The largest absolute Gasteiger partial charge is 0.463 e. The zero-order valence-corrected chi connectivity index (χ0v) is 14.4. The second-order valence-electron chi connectivity index (χ2n) is 5.52. The number of aromatic nitrogens is 1. The number of carbonyl (C=O) groups is 1. The van der Waals surface area contributed by atoms with Crippen LogP contribution in [-0.4, -0.2) is 57.3 Å². The van der Waals surface area contributed by atoms with Crippen LogP contribution in [0.15, 0.2) is 9.42 Å². The van der Waals surface area contributed by atoms with Crippen LogP contribution in [0.5, 0.6) is 0 Å². The fraction of sp³-hybridized carbons (Fsp3) is 0.714. The summed E-state index contributed by atoms with van der Waals surface area (Å²) in [5.74, 6) is -0.594. The smallest absolute Gasteiger partial charge is 0.310 e. The minimum atomic E-state index is -3.73. The van der Waals surface area contributed by atoms with Crippen molar-refractivity contribution in [2.24, 2.45) is 5.92 Å². The van der Waals surface area contributed by atoms with E-state index < -0.39 is 15.9 Å². The Morgan fingerprint density at radius 1 is 1.39 bits per heavy atom. The Balaban J connectivity index is 2.10. The Morgan fingerprint density at radius 2 is 2.13 bits per heavy atom. The zero-order chi connectivity index (χ0) is 17.0. The van der Waals surface area contributed by atoms with Crippen molar-refractivity contribution in [3.05, 3.63) is 11.5 Å². The molecule has 0 spiro atoms. The van der Waals surface area contributed by atoms with Crippen LogP contribution in [0.2, 0.25) is 0 Å². The number of aryl methyl sites for hydroxylation is 2. The lowest BCUT2D eigenvalue weighted by Crippen LogP contribution is -2.43. The molecule has 0 amide bonds. The summed E-state index contributed by atoms with van der Waals surface area (Å²) in [6.45, 7) is 4.12. The van der Waals surface area contributed by atoms with Crippen LogP contribution in [0, 0.1) is 19.8 Å². The van der Waals surface area contributed by atoms with E-state index in [2.05, 4.69) is 5.16 Å². The summed E-state index contributed by atoms with van der Waals surface area (Å²) in [5, 5.41) is 3.69. The summed E-state index contributed by atoms with van der Waals surface area (Å²) in [5.41, 5.74) is 0.326. The molecule has 0 bridgehead atoms. The molecule has 1 aromatic rings. The predicted octanol–water partition coefficient (Wildman–Crippen LogP) is 0.882. The molecule has 1 atom stereocenters. The van der Waals surface area contributed by atoms with Crippen LogP contribution in [0.4, 0.5) is 0 Å². The first kappa shape index (κ1) is 17.9. The van der Waals surface area contributed by atoms with Gasteiger partial charge in [-0.25, -0.2) is 8.42 Å². The second-order valence-corrected chi connectivity index (χ2v) is 7.39. The predicted molar refractivity (Wildman–Crippen MR) is 80.3 cm³/mol. The average Bonchev–Trinajstić information content (AvgIpc) is 2.87. The van der Waals surface area contributed by atoms with E-state index in [0.29, 0.717) is 31.7 Å². The average molecular weight is 346 g/mol. The van der Waals surface area contributed by atoms with E-state index in [1.807, 2.05) is 0 Å². The number of nitrogens with zero attached hydrogens (tertiary/aromatic N) is 2. The van der Waals surface area contributed by atoms with Crippen LogP contribution in [0.1, 0.15) is 24.3 Å². The highest BCUT2D eigenvalue weighted by Gasteiger charge is 2.36. The van der Waals surface area contributed by atoms with Gasteiger partial charge in [-0.3, -0.25) is 4.79 Å². The van der Waals surface area contributed by atoms with Crippen LogP contribution in [0.3, 0.4) is 0 Å². The fourth-order valence-corrected chi connectivity index (χ4v) is 4.48. The van der Waals surface area contributed by atoms with Gasteiger partial charge < -0.3 is 14.0 Å². The third kappa shape index (κ3) is 3.91. The number of ether oxygens (including phenoxy) is 2. The Bertz CT molecular complexity index is 635. The highest BCUT2D eigenvalue weighted by molar-refractivity contribution is 7.89. The minimum absolute atomic E-state index is 0.0888. The Labute approximate surface area is 135 Å². The van der Waals surface area contributed by atoms with Gasteiger partial charge in [0, 0.05) is 20.2 Å². The Hall–Kier alpha value is -1.45. The number of carbonyl (C=O) groups excluding carboxylic acids is 1. The van der Waals surface area contributed by atoms with Crippen LogP contribution in [-0.2, 0) is 24.3 Å². The van der Waals surface area contributed by atoms with Crippen molar-refractivity contribution < 1.29 is 27.2 Å². The number of hydrogen-bond acceptors (Lipinski definition) is 7. The van der Waals surface area contributed by atoms with Gasteiger partial charge in [-0.1, -0.05) is 5.16 Å². The van der Waals surface area contributed by atoms with E-state index in [1.165, 1.54) is 11.4 Å². The van der Waals surface area contributed by atoms with Crippen molar-refractivity contribution in [3.63, 3.8) is 0 Å². The van der Waals surface area contributed by atoms with Gasteiger partial charge in [0.2, 0.25) is 10.0 Å². The first-order valence-corrected chi connectivity index (χ1v) is 8.90. The summed E-state index contributed by atoms with van der Waals surface area (Å²) in [7, 11) is -2.21. The fourth-order valence-electron chi connectivity index (χ4n) is 2.67. The highest BCUT2D eigenvalue weighted by Crippen LogP contribution is 2.28. The summed E-state index contributed by atoms with van der Waals surface area (Å²) in [6, 6.07) is 0.